The van der Waals surface area contributed by atoms with Crippen LogP contribution < -0.4 is 0 Å². The van der Waals surface area contributed by atoms with Crippen molar-refractivity contribution >= 4 is 42.0 Å². The number of hydrogen-bond acceptors (Lipinski definition) is 6. The van der Waals surface area contributed by atoms with E-state index in [1.54, 1.807) is 0 Å². The van der Waals surface area contributed by atoms with Crippen molar-refractivity contribution < 1.29 is 16.8 Å². The van der Waals surface area contributed by atoms with Crippen LogP contribution in [0.2, 0.25) is 0 Å². The standard InChI is InChI=1S/C14H28N2O4S4/c1-23(17,18)15(13-9-5-3-6-10-13)21-22-16(24(2,19)20)14-11-7-4-8-12-14/h13-14H,3-12H2,1-2H3. The first kappa shape index (κ1) is 20.8. The largest absolute Gasteiger partial charge is 0.221 e. The zero-order chi connectivity index (χ0) is 17.8. The van der Waals surface area contributed by atoms with Crippen LogP contribution >= 0.6 is 22.0 Å². The molecule has 2 saturated carbocycles. The van der Waals surface area contributed by atoms with Crippen LogP contribution in [0.25, 0.3) is 0 Å². The summed E-state index contributed by atoms with van der Waals surface area (Å²) in [6.45, 7) is 0. The van der Waals surface area contributed by atoms with Crippen molar-refractivity contribution in [2.75, 3.05) is 12.5 Å². The summed E-state index contributed by atoms with van der Waals surface area (Å²) in [6, 6.07) is -0.0574. The normalized spacial score (nSPS) is 22.3. The lowest BCUT2D eigenvalue weighted by atomic mass is 9.96. The van der Waals surface area contributed by atoms with Crippen LogP contribution in [0.4, 0.5) is 0 Å². The van der Waals surface area contributed by atoms with Gasteiger partial charge in [0.2, 0.25) is 20.0 Å². The fraction of sp³-hybridized carbons (Fsp3) is 1.00. The Morgan fingerprint density at radius 3 is 1.17 bits per heavy atom. The van der Waals surface area contributed by atoms with Gasteiger partial charge >= 0.3 is 0 Å². The summed E-state index contributed by atoms with van der Waals surface area (Å²) < 4.78 is 51.6. The van der Waals surface area contributed by atoms with Gasteiger partial charge in [0.25, 0.3) is 0 Å². The highest BCUT2D eigenvalue weighted by Crippen LogP contribution is 2.41. The molecule has 0 spiro atoms. The summed E-state index contributed by atoms with van der Waals surface area (Å²) in [4.78, 5) is 0. The van der Waals surface area contributed by atoms with Crippen molar-refractivity contribution in [3.8, 4) is 0 Å². The summed E-state index contributed by atoms with van der Waals surface area (Å²) in [6.07, 6.45) is 12.2. The Kier molecular flexibility index (Phi) is 7.76. The lowest BCUT2D eigenvalue weighted by Gasteiger charge is -2.34. The van der Waals surface area contributed by atoms with Crippen LogP contribution in [0.3, 0.4) is 0 Å². The monoisotopic (exact) mass is 416 g/mol. The molecule has 0 saturated heterocycles. The van der Waals surface area contributed by atoms with Crippen LogP contribution in [0, 0.1) is 0 Å². The van der Waals surface area contributed by atoms with Crippen LogP contribution in [-0.2, 0) is 20.0 Å². The molecule has 2 aliphatic carbocycles. The second-order valence-corrected chi connectivity index (χ2v) is 12.9. The Hall–Kier alpha value is 0.520. The minimum Gasteiger partial charge on any atom is -0.212 e. The molecule has 2 fully saturated rings. The minimum atomic E-state index is -3.38. The lowest BCUT2D eigenvalue weighted by molar-refractivity contribution is 0.344. The SMILES string of the molecule is CS(=O)(=O)N(SSN(C1CCCCC1)S(C)(=O)=O)C1CCCCC1. The number of hydrogen-bond donors (Lipinski definition) is 0. The van der Waals surface area contributed by atoms with Gasteiger partial charge in [-0.2, -0.15) is 0 Å². The van der Waals surface area contributed by atoms with Crippen molar-refractivity contribution in [2.45, 2.75) is 76.3 Å². The Labute approximate surface area is 154 Å². The molecule has 2 rings (SSSR count). The summed E-state index contributed by atoms with van der Waals surface area (Å²) in [7, 11) is -4.62. The molecule has 0 heterocycles. The highest BCUT2D eigenvalue weighted by molar-refractivity contribution is 8.76. The molecule has 0 N–H and O–H groups in total. The van der Waals surface area contributed by atoms with Gasteiger partial charge < -0.3 is 0 Å². The molecule has 0 radical (unpaired) electrons. The predicted octanol–water partition coefficient (Wildman–Crippen LogP) is 3.39. The fourth-order valence-corrected chi connectivity index (χ4v) is 10.2. The zero-order valence-corrected chi connectivity index (χ0v) is 17.7. The molecule has 10 heteroatoms. The van der Waals surface area contributed by atoms with E-state index < -0.39 is 20.0 Å². The van der Waals surface area contributed by atoms with Gasteiger partial charge in [-0.25, -0.2) is 16.8 Å². The molecule has 0 amide bonds. The van der Waals surface area contributed by atoms with E-state index in [1.165, 1.54) is 19.9 Å². The Morgan fingerprint density at radius 1 is 0.625 bits per heavy atom. The third-order valence-corrected chi connectivity index (χ3v) is 11.2. The van der Waals surface area contributed by atoms with E-state index in [0.717, 1.165) is 86.2 Å². The maximum absolute atomic E-state index is 12.2. The van der Waals surface area contributed by atoms with Gasteiger partial charge in [0.1, 0.15) is 0 Å². The molecule has 24 heavy (non-hydrogen) atoms. The van der Waals surface area contributed by atoms with Crippen LogP contribution in [0.15, 0.2) is 0 Å². The highest BCUT2D eigenvalue weighted by Gasteiger charge is 2.34. The van der Waals surface area contributed by atoms with Crippen molar-refractivity contribution in [1.29, 1.82) is 0 Å². The quantitative estimate of drug-likeness (QED) is 0.468. The van der Waals surface area contributed by atoms with Gasteiger partial charge in [0.15, 0.2) is 0 Å². The summed E-state index contributed by atoms with van der Waals surface area (Å²) in [5.41, 5.74) is 0. The van der Waals surface area contributed by atoms with Crippen molar-refractivity contribution in [1.82, 2.24) is 7.42 Å². The second kappa shape index (κ2) is 8.94. The molecule has 0 aromatic rings. The first-order valence-electron chi connectivity index (χ1n) is 8.53. The third-order valence-electron chi connectivity index (χ3n) is 4.58. The van der Waals surface area contributed by atoms with E-state index in [-0.39, 0.29) is 12.1 Å². The van der Waals surface area contributed by atoms with Gasteiger partial charge in [0, 0.05) is 34.0 Å². The lowest BCUT2D eigenvalue weighted by Crippen LogP contribution is -2.38. The molecule has 2 aliphatic rings. The highest BCUT2D eigenvalue weighted by atomic mass is 33.1. The molecular formula is C14H28N2O4S4. The van der Waals surface area contributed by atoms with E-state index in [9.17, 15) is 16.8 Å². The van der Waals surface area contributed by atoms with Crippen LogP contribution in [0.5, 0.6) is 0 Å². The zero-order valence-electron chi connectivity index (χ0n) is 14.4. The van der Waals surface area contributed by atoms with Crippen LogP contribution in [-0.4, -0.2) is 48.9 Å². The Morgan fingerprint density at radius 2 is 0.917 bits per heavy atom. The smallest absolute Gasteiger partial charge is 0.212 e. The first-order chi connectivity index (χ1) is 11.2. The predicted molar refractivity (Wildman–Crippen MR) is 102 cm³/mol. The minimum absolute atomic E-state index is 0.0287. The summed E-state index contributed by atoms with van der Waals surface area (Å²) in [5.74, 6) is 0. The van der Waals surface area contributed by atoms with E-state index in [2.05, 4.69) is 0 Å². The molecule has 0 aromatic carbocycles. The number of sulfonamides is 2. The molecule has 142 valence electrons. The molecule has 0 aromatic heterocycles. The van der Waals surface area contributed by atoms with Gasteiger partial charge in [-0.3, -0.25) is 0 Å². The average Bonchev–Trinajstić information content (AvgIpc) is 2.51. The topological polar surface area (TPSA) is 74.8 Å². The molecule has 6 nitrogen and oxygen atoms in total. The molecule has 0 aliphatic heterocycles. The number of nitrogens with zero attached hydrogens (tertiary/aromatic N) is 2. The Bertz CT molecular complexity index is 542. The van der Waals surface area contributed by atoms with Gasteiger partial charge in [-0.05, 0) is 25.7 Å². The third kappa shape index (κ3) is 6.05. The molecular weight excluding hydrogens is 388 g/mol. The average molecular weight is 417 g/mol. The molecule has 0 bridgehead atoms. The van der Waals surface area contributed by atoms with Crippen molar-refractivity contribution in [2.24, 2.45) is 0 Å². The van der Waals surface area contributed by atoms with Crippen molar-refractivity contribution in [3.05, 3.63) is 0 Å². The number of rotatable bonds is 7. The fourth-order valence-electron chi connectivity index (χ4n) is 3.42. The van der Waals surface area contributed by atoms with Gasteiger partial charge in [-0.1, -0.05) is 38.5 Å². The maximum Gasteiger partial charge on any atom is 0.221 e. The van der Waals surface area contributed by atoms with E-state index in [1.807, 2.05) is 0 Å². The van der Waals surface area contributed by atoms with E-state index in [0.29, 0.717) is 0 Å². The summed E-state index contributed by atoms with van der Waals surface area (Å²) in [5, 5.41) is 0. The molecule has 0 atom stereocenters. The summed E-state index contributed by atoms with van der Waals surface area (Å²) >= 11 is 0. The van der Waals surface area contributed by atoms with E-state index in [4.69, 9.17) is 0 Å². The maximum atomic E-state index is 12.2. The van der Waals surface area contributed by atoms with Gasteiger partial charge in [-0.15, -0.1) is 7.42 Å². The molecule has 0 unspecified atom stereocenters. The van der Waals surface area contributed by atoms with E-state index >= 15 is 0 Å². The van der Waals surface area contributed by atoms with Crippen molar-refractivity contribution in [3.63, 3.8) is 0 Å². The first-order valence-corrected chi connectivity index (χ1v) is 14.3. The van der Waals surface area contributed by atoms with Gasteiger partial charge in [0.05, 0.1) is 12.5 Å². The van der Waals surface area contributed by atoms with Crippen LogP contribution in [0.1, 0.15) is 64.2 Å². The Balaban J connectivity index is 2.09. The second-order valence-electron chi connectivity index (χ2n) is 6.77.